The van der Waals surface area contributed by atoms with Crippen LogP contribution in [-0.4, -0.2) is 27.8 Å². The Morgan fingerprint density at radius 1 is 1.42 bits per heavy atom. The van der Waals surface area contributed by atoms with Crippen LogP contribution in [0.2, 0.25) is 4.34 Å². The number of halogens is 2. The second kappa shape index (κ2) is 7.08. The predicted octanol–water partition coefficient (Wildman–Crippen LogP) is 3.05. The molecule has 0 saturated heterocycles. The number of thiophene rings is 1. The summed E-state index contributed by atoms with van der Waals surface area (Å²) in [5.41, 5.74) is 0.931. The summed E-state index contributed by atoms with van der Waals surface area (Å²) < 4.78 is 18.6. The van der Waals surface area contributed by atoms with Gasteiger partial charge in [-0.25, -0.2) is 4.39 Å². The molecule has 6 nitrogen and oxygen atoms in total. The predicted molar refractivity (Wildman–Crippen MR) is 86.3 cm³/mol. The molecule has 124 valence electrons. The molecule has 1 aromatic carbocycles. The second-order valence-corrected chi connectivity index (χ2v) is 6.35. The summed E-state index contributed by atoms with van der Waals surface area (Å²) in [5.74, 6) is -0.568. The zero-order chi connectivity index (χ0) is 17.1. The van der Waals surface area contributed by atoms with E-state index < -0.39 is 24.4 Å². The SMILES string of the molecule is O=C(N[C@@H](CO)c1nc(-c2csc(Cl)c2)no1)c1ccc(F)cc1. The van der Waals surface area contributed by atoms with E-state index in [4.69, 9.17) is 16.1 Å². The number of rotatable bonds is 5. The average Bonchev–Trinajstić information content (AvgIpc) is 3.22. The number of carbonyl (C=O) groups excluding carboxylic acids is 1. The van der Waals surface area contributed by atoms with E-state index in [2.05, 4.69) is 15.5 Å². The van der Waals surface area contributed by atoms with Crippen LogP contribution in [-0.2, 0) is 0 Å². The molecular formula is C15H11ClFN3O3S. The third-order valence-corrected chi connectivity index (χ3v) is 4.25. The Morgan fingerprint density at radius 3 is 2.79 bits per heavy atom. The topological polar surface area (TPSA) is 88.2 Å². The van der Waals surface area contributed by atoms with Crippen molar-refractivity contribution in [3.63, 3.8) is 0 Å². The molecule has 0 bridgehead atoms. The number of aliphatic hydroxyl groups is 1. The maximum atomic E-state index is 12.9. The fourth-order valence-electron chi connectivity index (χ4n) is 1.95. The Morgan fingerprint density at radius 2 is 2.17 bits per heavy atom. The van der Waals surface area contributed by atoms with Gasteiger partial charge in [0.2, 0.25) is 5.82 Å². The molecule has 0 saturated carbocycles. The van der Waals surface area contributed by atoms with Gasteiger partial charge in [0.25, 0.3) is 11.8 Å². The average molecular weight is 368 g/mol. The highest BCUT2D eigenvalue weighted by Crippen LogP contribution is 2.27. The highest BCUT2D eigenvalue weighted by Gasteiger charge is 2.22. The molecule has 2 heterocycles. The zero-order valence-electron chi connectivity index (χ0n) is 12.1. The van der Waals surface area contributed by atoms with Crippen molar-refractivity contribution in [3.05, 3.63) is 57.3 Å². The van der Waals surface area contributed by atoms with Crippen molar-refractivity contribution < 1.29 is 18.8 Å². The van der Waals surface area contributed by atoms with E-state index in [0.29, 0.717) is 15.7 Å². The van der Waals surface area contributed by atoms with Gasteiger partial charge in [-0.1, -0.05) is 16.8 Å². The van der Waals surface area contributed by atoms with E-state index in [1.807, 2.05) is 0 Å². The Balaban J connectivity index is 1.75. The third kappa shape index (κ3) is 3.61. The van der Waals surface area contributed by atoms with E-state index in [1.165, 1.54) is 35.6 Å². The van der Waals surface area contributed by atoms with Crippen molar-refractivity contribution in [1.82, 2.24) is 15.5 Å². The molecular weight excluding hydrogens is 357 g/mol. The van der Waals surface area contributed by atoms with E-state index >= 15 is 0 Å². The highest BCUT2D eigenvalue weighted by molar-refractivity contribution is 7.14. The Bertz CT molecular complexity index is 850. The van der Waals surface area contributed by atoms with Gasteiger partial charge in [-0.15, -0.1) is 11.3 Å². The molecule has 1 amide bonds. The summed E-state index contributed by atoms with van der Waals surface area (Å²) >= 11 is 7.19. The van der Waals surface area contributed by atoms with Crippen molar-refractivity contribution >= 4 is 28.8 Å². The van der Waals surface area contributed by atoms with Crippen molar-refractivity contribution in [2.24, 2.45) is 0 Å². The number of hydrogen-bond donors (Lipinski definition) is 2. The first-order valence-electron chi connectivity index (χ1n) is 6.82. The third-order valence-electron chi connectivity index (χ3n) is 3.16. The van der Waals surface area contributed by atoms with Crippen molar-refractivity contribution in [2.75, 3.05) is 6.61 Å². The monoisotopic (exact) mass is 367 g/mol. The number of aromatic nitrogens is 2. The second-order valence-electron chi connectivity index (χ2n) is 4.81. The summed E-state index contributed by atoms with van der Waals surface area (Å²) in [5, 5.41) is 17.6. The number of amides is 1. The van der Waals surface area contributed by atoms with Crippen LogP contribution in [0.15, 0.2) is 40.2 Å². The molecule has 24 heavy (non-hydrogen) atoms. The zero-order valence-corrected chi connectivity index (χ0v) is 13.6. The van der Waals surface area contributed by atoms with Crippen molar-refractivity contribution in [2.45, 2.75) is 6.04 Å². The molecule has 2 aromatic heterocycles. The number of nitrogens with one attached hydrogen (secondary N) is 1. The fourth-order valence-corrected chi connectivity index (χ4v) is 2.81. The Kier molecular flexibility index (Phi) is 4.89. The molecule has 3 rings (SSSR count). The first-order chi connectivity index (χ1) is 11.6. The largest absolute Gasteiger partial charge is 0.394 e. The molecule has 0 fully saturated rings. The molecule has 0 aliphatic heterocycles. The summed E-state index contributed by atoms with van der Waals surface area (Å²) in [6.07, 6.45) is 0. The molecule has 9 heteroatoms. The van der Waals surface area contributed by atoms with Gasteiger partial charge in [0.15, 0.2) is 0 Å². The van der Waals surface area contributed by atoms with Crippen molar-refractivity contribution in [1.29, 1.82) is 0 Å². The van der Waals surface area contributed by atoms with Gasteiger partial charge in [-0.05, 0) is 30.3 Å². The minimum absolute atomic E-state index is 0.0604. The lowest BCUT2D eigenvalue weighted by Crippen LogP contribution is -2.31. The van der Waals surface area contributed by atoms with Crippen molar-refractivity contribution in [3.8, 4) is 11.4 Å². The summed E-state index contributed by atoms with van der Waals surface area (Å²) in [4.78, 5) is 16.3. The van der Waals surface area contributed by atoms with Crippen LogP contribution in [0.3, 0.4) is 0 Å². The summed E-state index contributed by atoms with van der Waals surface area (Å²) in [6.45, 7) is -0.432. The van der Waals surface area contributed by atoms with Gasteiger partial charge in [0.05, 0.1) is 10.9 Å². The quantitative estimate of drug-likeness (QED) is 0.723. The lowest BCUT2D eigenvalue weighted by atomic mass is 10.2. The highest BCUT2D eigenvalue weighted by atomic mass is 35.5. The van der Waals surface area contributed by atoms with Crippen LogP contribution in [0, 0.1) is 5.82 Å². The molecule has 0 unspecified atom stereocenters. The first kappa shape index (κ1) is 16.6. The van der Waals surface area contributed by atoms with Gasteiger partial charge in [-0.3, -0.25) is 4.79 Å². The Hall–Kier alpha value is -2.29. The van der Waals surface area contributed by atoms with Gasteiger partial charge >= 0.3 is 0 Å². The van der Waals surface area contributed by atoms with Crippen LogP contribution in [0.1, 0.15) is 22.3 Å². The Labute approximate surface area is 144 Å². The maximum Gasteiger partial charge on any atom is 0.251 e. The summed E-state index contributed by atoms with van der Waals surface area (Å²) in [7, 11) is 0. The normalized spacial score (nSPS) is 12.1. The molecule has 1 atom stereocenters. The molecule has 0 aliphatic rings. The number of nitrogens with zero attached hydrogens (tertiary/aromatic N) is 2. The van der Waals surface area contributed by atoms with Gasteiger partial charge in [0, 0.05) is 16.5 Å². The molecule has 3 aromatic rings. The molecule has 0 radical (unpaired) electrons. The number of hydrogen-bond acceptors (Lipinski definition) is 6. The van der Waals surface area contributed by atoms with E-state index in [1.54, 1.807) is 11.4 Å². The van der Waals surface area contributed by atoms with E-state index in [-0.39, 0.29) is 11.5 Å². The van der Waals surface area contributed by atoms with E-state index in [9.17, 15) is 14.3 Å². The molecule has 0 aliphatic carbocycles. The molecule has 2 N–H and O–H groups in total. The summed E-state index contributed by atoms with van der Waals surface area (Å²) in [6, 6.07) is 5.84. The smallest absolute Gasteiger partial charge is 0.251 e. The van der Waals surface area contributed by atoms with Gasteiger partial charge in [0.1, 0.15) is 11.9 Å². The first-order valence-corrected chi connectivity index (χ1v) is 8.08. The number of benzene rings is 1. The molecule has 0 spiro atoms. The van der Waals surface area contributed by atoms with Crippen LogP contribution < -0.4 is 5.32 Å². The van der Waals surface area contributed by atoms with Crippen LogP contribution in [0.25, 0.3) is 11.4 Å². The maximum absolute atomic E-state index is 12.9. The van der Waals surface area contributed by atoms with Crippen LogP contribution in [0.4, 0.5) is 4.39 Å². The minimum atomic E-state index is -0.877. The van der Waals surface area contributed by atoms with Gasteiger partial charge in [-0.2, -0.15) is 4.98 Å². The lowest BCUT2D eigenvalue weighted by Gasteiger charge is -2.12. The minimum Gasteiger partial charge on any atom is -0.394 e. The van der Waals surface area contributed by atoms with Crippen LogP contribution in [0.5, 0.6) is 0 Å². The fraction of sp³-hybridized carbons (Fsp3) is 0.133. The van der Waals surface area contributed by atoms with Crippen LogP contribution >= 0.6 is 22.9 Å². The van der Waals surface area contributed by atoms with E-state index in [0.717, 1.165) is 0 Å². The lowest BCUT2D eigenvalue weighted by molar-refractivity contribution is 0.0901. The number of aliphatic hydroxyl groups excluding tert-OH is 1. The standard InChI is InChI=1S/C15H11ClFN3O3S/c16-12-5-9(7-24-12)13-19-15(23-20-13)11(6-21)18-14(22)8-1-3-10(17)4-2-8/h1-5,7,11,21H,6H2,(H,18,22)/t11-/m0/s1. The number of carbonyl (C=O) groups is 1. The van der Waals surface area contributed by atoms with Gasteiger partial charge < -0.3 is 14.9 Å².